The Hall–Kier alpha value is -5.37. The summed E-state index contributed by atoms with van der Waals surface area (Å²) in [5, 5.41) is 33.7. The molecule has 7 atom stereocenters. The summed E-state index contributed by atoms with van der Waals surface area (Å²) in [6.07, 6.45) is 3.13. The largest absolute Gasteiger partial charge is 0.489 e. The lowest BCUT2D eigenvalue weighted by atomic mass is 9.49. The first kappa shape index (κ1) is 53.9. The van der Waals surface area contributed by atoms with Crippen LogP contribution >= 0.6 is 22.9 Å². The van der Waals surface area contributed by atoms with Crippen LogP contribution in [0.15, 0.2) is 72.2 Å². The number of aromatic nitrogens is 1. The van der Waals surface area contributed by atoms with Crippen LogP contribution in [0.2, 0.25) is 5.02 Å². The normalized spacial score (nSPS) is 24.4. The molecule has 2 bridgehead atoms. The maximum absolute atomic E-state index is 14.7. The minimum Gasteiger partial charge on any atom is -0.489 e. The molecule has 16 heteroatoms. The van der Waals surface area contributed by atoms with Gasteiger partial charge in [-0.25, -0.2) is 4.98 Å². The number of nitrogens with one attached hydrogen (secondary N) is 4. The second-order valence-electron chi connectivity index (χ2n) is 23.1. The Morgan fingerprint density at radius 1 is 0.986 bits per heavy atom. The van der Waals surface area contributed by atoms with E-state index < -0.39 is 40.4 Å². The van der Waals surface area contributed by atoms with Crippen molar-refractivity contribution in [2.45, 2.75) is 149 Å². The molecule has 3 aliphatic heterocycles. The quantitative estimate of drug-likeness (QED) is 0.0694. The molecule has 4 aromatic rings. The molecule has 8 rings (SSSR count). The number of carbonyl (C=O) groups excluding carboxylic acids is 4. The zero-order chi connectivity index (χ0) is 52.6. The number of nitrogens with zero attached hydrogens (tertiary/aromatic N) is 4. The third kappa shape index (κ3) is 11.6. The van der Waals surface area contributed by atoms with Crippen molar-refractivity contribution in [1.29, 1.82) is 5.26 Å². The van der Waals surface area contributed by atoms with Gasteiger partial charge in [-0.3, -0.25) is 24.1 Å². The van der Waals surface area contributed by atoms with E-state index in [1.165, 1.54) is 4.90 Å². The Labute approximate surface area is 440 Å². The highest BCUT2D eigenvalue weighted by Gasteiger charge is 2.64. The molecule has 73 heavy (non-hydrogen) atoms. The standard InChI is InChI=1S/C57H73ClN8O6S/c1-33(36-17-19-37(20-18-36)47-34(2)61-32-73-47)62-51(70)46-25-43(67)31-66(46)52(71)48(55(3,4)5)63-50(69)40(30-65-41-22-23-42(65)29-60-28-41)12-10-11-35-13-15-38(16-14-35)49(68)64-53-56(6,7)54(57(53,8)9)72-44-24-21-39(27-59)45(58)26-44/h13-21,24,26,32-33,40-43,46,48,53-54,60,67H,10-12,22-23,25,28-31H2,1-9H3,(H,62,70)(H,63,69)(H,64,68)/t33-,40?,41?,42?,43+,46-,48+,53-,54-/m0/s1. The van der Waals surface area contributed by atoms with Crippen LogP contribution in [0.1, 0.15) is 126 Å². The van der Waals surface area contributed by atoms with Gasteiger partial charge in [0, 0.05) is 73.2 Å². The van der Waals surface area contributed by atoms with Crippen LogP contribution < -0.4 is 26.0 Å². The van der Waals surface area contributed by atoms with Gasteiger partial charge < -0.3 is 36.0 Å². The molecule has 3 unspecified atom stereocenters. The number of carbonyl (C=O) groups is 4. The molecule has 4 amide bonds. The minimum atomic E-state index is -0.946. The number of aliphatic hydroxyl groups is 1. The summed E-state index contributed by atoms with van der Waals surface area (Å²) in [6.45, 7) is 20.3. The Bertz CT molecular complexity index is 2660. The summed E-state index contributed by atoms with van der Waals surface area (Å²) in [4.78, 5) is 66.6. The van der Waals surface area contributed by atoms with E-state index in [-0.39, 0.29) is 54.8 Å². The lowest BCUT2D eigenvalue weighted by molar-refractivity contribution is -0.164. The van der Waals surface area contributed by atoms with Gasteiger partial charge in [0.15, 0.2) is 0 Å². The molecule has 3 aromatic carbocycles. The molecule has 0 spiro atoms. The summed E-state index contributed by atoms with van der Waals surface area (Å²) in [6, 6.07) is 21.1. The monoisotopic (exact) mass is 1030 g/mol. The molecule has 3 saturated heterocycles. The van der Waals surface area contributed by atoms with Gasteiger partial charge in [0.25, 0.3) is 5.91 Å². The number of fused-ring (bicyclic) bond motifs is 2. The van der Waals surface area contributed by atoms with Crippen LogP contribution in [0, 0.1) is 40.4 Å². The number of amides is 4. The Kier molecular flexibility index (Phi) is 16.1. The third-order valence-electron chi connectivity index (χ3n) is 16.0. The molecule has 4 heterocycles. The van der Waals surface area contributed by atoms with Crippen molar-refractivity contribution in [2.75, 3.05) is 26.2 Å². The van der Waals surface area contributed by atoms with E-state index in [1.807, 2.05) is 88.7 Å². The number of aryl methyl sites for hydroxylation is 2. The summed E-state index contributed by atoms with van der Waals surface area (Å²) in [5.41, 5.74) is 5.22. The van der Waals surface area contributed by atoms with E-state index in [4.69, 9.17) is 16.3 Å². The molecule has 0 radical (unpaired) electrons. The van der Waals surface area contributed by atoms with Crippen molar-refractivity contribution < 1.29 is 29.0 Å². The lowest BCUT2D eigenvalue weighted by Gasteiger charge is -2.63. The molecule has 4 fully saturated rings. The molecular formula is C57H73ClN8O6S. The molecule has 5 N–H and O–H groups in total. The fourth-order valence-electron chi connectivity index (χ4n) is 12.2. The molecular weight excluding hydrogens is 960 g/mol. The van der Waals surface area contributed by atoms with Crippen LogP contribution in [0.4, 0.5) is 0 Å². The average molecular weight is 1030 g/mol. The second-order valence-corrected chi connectivity index (χ2v) is 24.4. The number of hydrogen-bond acceptors (Lipinski definition) is 11. The van der Waals surface area contributed by atoms with Crippen molar-refractivity contribution in [1.82, 2.24) is 36.1 Å². The molecule has 1 aliphatic carbocycles. The van der Waals surface area contributed by atoms with Crippen molar-refractivity contribution in [3.8, 4) is 22.3 Å². The van der Waals surface area contributed by atoms with Crippen molar-refractivity contribution in [3.05, 3.63) is 105 Å². The smallest absolute Gasteiger partial charge is 0.251 e. The van der Waals surface area contributed by atoms with Gasteiger partial charge in [-0.2, -0.15) is 5.26 Å². The number of hydrogen-bond donors (Lipinski definition) is 5. The topological polar surface area (TPSA) is 189 Å². The van der Waals surface area contributed by atoms with Gasteiger partial charge in [-0.05, 0) is 92.3 Å². The number of likely N-dealkylation sites (tertiary alicyclic amines) is 1. The van der Waals surface area contributed by atoms with E-state index in [9.17, 15) is 29.5 Å². The maximum Gasteiger partial charge on any atom is 0.251 e. The number of β-amino-alcohol motifs (C(OH)–C–C–N with tert-alkyl or cyclic N) is 1. The fourth-order valence-corrected chi connectivity index (χ4v) is 13.2. The van der Waals surface area contributed by atoms with Crippen LogP contribution in [0.3, 0.4) is 0 Å². The Morgan fingerprint density at radius 2 is 1.66 bits per heavy atom. The summed E-state index contributed by atoms with van der Waals surface area (Å²) < 4.78 is 6.42. The van der Waals surface area contributed by atoms with Gasteiger partial charge >= 0.3 is 0 Å². The van der Waals surface area contributed by atoms with Crippen LogP contribution in [0.25, 0.3) is 10.4 Å². The summed E-state index contributed by atoms with van der Waals surface area (Å²) >= 11 is 7.88. The molecule has 390 valence electrons. The van der Waals surface area contributed by atoms with E-state index >= 15 is 0 Å². The molecule has 1 aromatic heterocycles. The molecule has 1 saturated carbocycles. The lowest BCUT2D eigenvalue weighted by Crippen LogP contribution is -2.74. The van der Waals surface area contributed by atoms with Gasteiger partial charge in [-0.1, -0.05) is 96.5 Å². The van der Waals surface area contributed by atoms with Gasteiger partial charge in [0.05, 0.1) is 44.7 Å². The zero-order valence-corrected chi connectivity index (χ0v) is 45.3. The first-order valence-electron chi connectivity index (χ1n) is 25.9. The highest BCUT2D eigenvalue weighted by molar-refractivity contribution is 7.13. The number of halogens is 1. The van der Waals surface area contributed by atoms with Crippen molar-refractivity contribution in [2.24, 2.45) is 22.2 Å². The summed E-state index contributed by atoms with van der Waals surface area (Å²) in [5.74, 6) is -0.930. The number of piperazine rings is 1. The van der Waals surface area contributed by atoms with E-state index in [0.717, 1.165) is 53.2 Å². The fraction of sp³-hybridized carbons (Fsp3) is 0.544. The number of ether oxygens (including phenoxy) is 1. The van der Waals surface area contributed by atoms with Crippen molar-refractivity contribution >= 4 is 46.6 Å². The zero-order valence-electron chi connectivity index (χ0n) is 43.8. The molecule has 4 aliphatic rings. The Morgan fingerprint density at radius 3 is 2.26 bits per heavy atom. The van der Waals surface area contributed by atoms with Gasteiger partial charge in [-0.15, -0.1) is 11.3 Å². The first-order chi connectivity index (χ1) is 34.6. The number of nitriles is 1. The highest BCUT2D eigenvalue weighted by Crippen LogP contribution is 2.55. The maximum atomic E-state index is 14.7. The highest BCUT2D eigenvalue weighted by atomic mass is 35.5. The average Bonchev–Trinajstić information content (AvgIpc) is 4.02. The van der Waals surface area contributed by atoms with E-state index in [2.05, 4.69) is 64.9 Å². The second kappa shape index (κ2) is 21.8. The molecule has 14 nitrogen and oxygen atoms in total. The first-order valence-corrected chi connectivity index (χ1v) is 27.1. The minimum absolute atomic E-state index is 0.00623. The number of thiazole rings is 1. The number of aliphatic hydroxyl groups excluding tert-OH is 1. The van der Waals surface area contributed by atoms with Crippen LogP contribution in [-0.4, -0.2) is 112 Å². The van der Waals surface area contributed by atoms with Crippen LogP contribution in [0.5, 0.6) is 5.75 Å². The third-order valence-corrected chi connectivity index (χ3v) is 17.3. The summed E-state index contributed by atoms with van der Waals surface area (Å²) in [7, 11) is 0. The van der Waals surface area contributed by atoms with Crippen molar-refractivity contribution in [3.63, 3.8) is 0 Å². The SMILES string of the molecule is Cc1ncsc1-c1ccc([C@H](C)NC(=O)[C@@H]2C[C@@H](O)CN2C(=O)[C@@H](NC(=O)C(CCCc2ccc(C(=O)N[C@H]3C(C)(C)[C@H](Oc4ccc(C#N)c(Cl)c4)C3(C)C)cc2)CN2C3CCC2CNC3)C(C)(C)C)cc1. The number of benzene rings is 3. The predicted molar refractivity (Wildman–Crippen MR) is 285 cm³/mol. The van der Waals surface area contributed by atoms with Crippen LogP contribution in [-0.2, 0) is 20.8 Å². The van der Waals surface area contributed by atoms with E-state index in [0.29, 0.717) is 59.8 Å². The number of rotatable bonds is 17. The Balaban J connectivity index is 0.898. The van der Waals surface area contributed by atoms with Gasteiger partial charge in [0.1, 0.15) is 30.0 Å². The van der Waals surface area contributed by atoms with E-state index in [1.54, 1.807) is 29.5 Å². The van der Waals surface area contributed by atoms with Gasteiger partial charge in [0.2, 0.25) is 17.7 Å². The predicted octanol–water partition coefficient (Wildman–Crippen LogP) is 8.00.